The topological polar surface area (TPSA) is 64.6 Å². The molecule has 0 aliphatic carbocycles. The first kappa shape index (κ1) is 24.6. The zero-order chi connectivity index (χ0) is 14.2. The summed E-state index contributed by atoms with van der Waals surface area (Å²) in [6, 6.07) is 0. The van der Waals surface area contributed by atoms with Gasteiger partial charge in [0, 0.05) is 26.4 Å². The predicted molar refractivity (Wildman–Crippen MR) is 76.1 cm³/mol. The van der Waals surface area contributed by atoms with Crippen molar-refractivity contribution in [1.29, 1.82) is 0 Å². The van der Waals surface area contributed by atoms with E-state index >= 15 is 0 Å². The van der Waals surface area contributed by atoms with Crippen LogP contribution in [-0.2, 0) is 9.47 Å². The molecule has 0 saturated carbocycles. The fraction of sp³-hybridized carbons (Fsp3) is 1.00. The molecule has 0 aromatic rings. The Morgan fingerprint density at radius 3 is 1.32 bits per heavy atom. The third-order valence-corrected chi connectivity index (χ3v) is 1.99. The van der Waals surface area contributed by atoms with E-state index in [9.17, 15) is 10.2 Å². The molecular formula is C14H30MgO4. The molecule has 5 heteroatoms. The first-order chi connectivity index (χ1) is 8.54. The van der Waals surface area contributed by atoms with Crippen LogP contribution in [0.2, 0.25) is 0 Å². The van der Waals surface area contributed by atoms with Crippen molar-refractivity contribution in [3.8, 4) is 0 Å². The molecule has 2 atom stereocenters. The monoisotopic (exact) mass is 286 g/mol. The van der Waals surface area contributed by atoms with E-state index in [1.165, 1.54) is 0 Å². The second-order valence-corrected chi connectivity index (χ2v) is 4.48. The van der Waals surface area contributed by atoms with E-state index in [1.807, 2.05) is 0 Å². The van der Waals surface area contributed by atoms with Crippen LogP contribution in [-0.4, -0.2) is 61.7 Å². The third-order valence-electron chi connectivity index (χ3n) is 1.99. The van der Waals surface area contributed by atoms with Crippen LogP contribution >= 0.6 is 0 Å². The smallest absolute Gasteiger partial charge is 0.851 e. The van der Waals surface area contributed by atoms with Gasteiger partial charge in [-0.3, -0.25) is 0 Å². The molecule has 0 heterocycles. The van der Waals surface area contributed by atoms with Crippen molar-refractivity contribution < 1.29 is 19.7 Å². The van der Waals surface area contributed by atoms with Crippen LogP contribution in [0.5, 0.6) is 0 Å². The zero-order valence-electron chi connectivity index (χ0n) is 13.2. The Hall–Kier alpha value is 0.606. The van der Waals surface area contributed by atoms with E-state index in [0.29, 0.717) is 13.2 Å². The molecule has 2 unspecified atom stereocenters. The molecule has 0 radical (unpaired) electrons. The van der Waals surface area contributed by atoms with Crippen molar-refractivity contribution in [2.75, 3.05) is 26.4 Å². The summed E-state index contributed by atoms with van der Waals surface area (Å²) >= 11 is 0. The van der Waals surface area contributed by atoms with Gasteiger partial charge in [0.15, 0.2) is 0 Å². The van der Waals surface area contributed by atoms with Gasteiger partial charge in [-0.05, 0) is 12.8 Å². The molecule has 19 heavy (non-hydrogen) atoms. The first-order valence-corrected chi connectivity index (χ1v) is 7.01. The molecule has 0 fully saturated rings. The maximum atomic E-state index is 10.4. The van der Waals surface area contributed by atoms with Crippen LogP contribution in [0.3, 0.4) is 0 Å². The molecular weight excluding hydrogens is 256 g/mol. The minimum Gasteiger partial charge on any atom is -0.851 e. The van der Waals surface area contributed by atoms with Crippen molar-refractivity contribution >= 4 is 23.1 Å². The van der Waals surface area contributed by atoms with Crippen LogP contribution < -0.4 is 10.2 Å². The van der Waals surface area contributed by atoms with Gasteiger partial charge in [0.1, 0.15) is 0 Å². The Kier molecular flexibility index (Phi) is 27.1. The molecule has 0 N–H and O–H groups in total. The molecule has 0 amide bonds. The number of rotatable bonds is 10. The second-order valence-electron chi connectivity index (χ2n) is 4.48. The van der Waals surface area contributed by atoms with Crippen LogP contribution in [0, 0.1) is 0 Å². The summed E-state index contributed by atoms with van der Waals surface area (Å²) in [4.78, 5) is 0. The fourth-order valence-electron chi connectivity index (χ4n) is 0.991. The van der Waals surface area contributed by atoms with Gasteiger partial charge in [0.05, 0.1) is 0 Å². The summed E-state index contributed by atoms with van der Waals surface area (Å²) in [7, 11) is 0. The van der Waals surface area contributed by atoms with Crippen molar-refractivity contribution in [2.45, 2.75) is 65.6 Å². The molecule has 4 nitrogen and oxygen atoms in total. The quantitative estimate of drug-likeness (QED) is 0.438. The summed E-state index contributed by atoms with van der Waals surface area (Å²) in [5, 5.41) is 20.7. The second kappa shape index (κ2) is 20.9. The third kappa shape index (κ3) is 32.3. The first-order valence-electron chi connectivity index (χ1n) is 7.01. The van der Waals surface area contributed by atoms with E-state index < -0.39 is 12.2 Å². The van der Waals surface area contributed by atoms with E-state index in [-0.39, 0.29) is 23.1 Å². The molecule has 0 bridgehead atoms. The molecule has 0 aromatic carbocycles. The normalized spacial score (nSPS) is 12.9. The Bertz CT molecular complexity index is 127. The van der Waals surface area contributed by atoms with Gasteiger partial charge in [-0.1, -0.05) is 40.5 Å². The van der Waals surface area contributed by atoms with Gasteiger partial charge < -0.3 is 19.7 Å². The van der Waals surface area contributed by atoms with Gasteiger partial charge in [-0.2, -0.15) is 0 Å². The summed E-state index contributed by atoms with van der Waals surface area (Å²) in [6.07, 6.45) is 3.25. The summed E-state index contributed by atoms with van der Waals surface area (Å²) in [5.41, 5.74) is 0. The van der Waals surface area contributed by atoms with Gasteiger partial charge in [0.2, 0.25) is 0 Å². The Balaban J connectivity index is -0.000000256. The summed E-state index contributed by atoms with van der Waals surface area (Å²) in [6.45, 7) is 9.64. The number of unbranched alkanes of at least 4 members (excludes halogenated alkanes) is 2. The minimum absolute atomic E-state index is 0. The van der Waals surface area contributed by atoms with E-state index in [0.717, 1.165) is 38.9 Å². The van der Waals surface area contributed by atoms with Crippen molar-refractivity contribution in [1.82, 2.24) is 0 Å². The van der Waals surface area contributed by atoms with Gasteiger partial charge in [-0.15, -0.1) is 12.2 Å². The molecule has 0 spiro atoms. The summed E-state index contributed by atoms with van der Waals surface area (Å²) < 4.78 is 10.0. The van der Waals surface area contributed by atoms with Crippen LogP contribution in [0.4, 0.5) is 0 Å². The number of hydrogen-bond acceptors (Lipinski definition) is 4. The molecule has 112 valence electrons. The molecule has 0 rings (SSSR count). The Morgan fingerprint density at radius 1 is 0.789 bits per heavy atom. The Labute approximate surface area is 135 Å². The molecule has 0 aliphatic rings. The minimum atomic E-state index is -0.568. The van der Waals surface area contributed by atoms with Crippen molar-refractivity contribution in [2.24, 2.45) is 0 Å². The van der Waals surface area contributed by atoms with Gasteiger partial charge in [-0.25, -0.2) is 0 Å². The Morgan fingerprint density at radius 2 is 1.11 bits per heavy atom. The number of ether oxygens (including phenoxy) is 2. The van der Waals surface area contributed by atoms with E-state index in [1.54, 1.807) is 13.8 Å². The standard InChI is InChI=1S/2C7H15O2.Mg/c2*1-3-4-5-9-6-7(2)8;/h2*7H,3-6H2,1-2H3;/q2*-1;+2. The van der Waals surface area contributed by atoms with Crippen molar-refractivity contribution in [3.05, 3.63) is 0 Å². The van der Waals surface area contributed by atoms with Crippen molar-refractivity contribution in [3.63, 3.8) is 0 Å². The van der Waals surface area contributed by atoms with Crippen LogP contribution in [0.1, 0.15) is 53.4 Å². The van der Waals surface area contributed by atoms with Crippen LogP contribution in [0.15, 0.2) is 0 Å². The predicted octanol–water partition coefficient (Wildman–Crippen LogP) is 0.723. The maximum Gasteiger partial charge on any atom is 2.00 e. The average Bonchev–Trinajstić information content (AvgIpc) is 2.31. The zero-order valence-corrected chi connectivity index (χ0v) is 14.6. The largest absolute Gasteiger partial charge is 2.00 e. The fourth-order valence-corrected chi connectivity index (χ4v) is 0.991. The SMILES string of the molecule is CCCCOCC(C)[O-].CCCCOCC(C)[O-].[Mg+2]. The van der Waals surface area contributed by atoms with E-state index in [4.69, 9.17) is 9.47 Å². The van der Waals surface area contributed by atoms with Gasteiger partial charge in [0.25, 0.3) is 0 Å². The average molecular weight is 287 g/mol. The molecule has 0 saturated heterocycles. The summed E-state index contributed by atoms with van der Waals surface area (Å²) in [5.74, 6) is 0. The molecule has 0 aliphatic heterocycles. The van der Waals surface area contributed by atoms with Crippen LogP contribution in [0.25, 0.3) is 0 Å². The number of hydrogen-bond donors (Lipinski definition) is 0. The maximum absolute atomic E-state index is 10.4. The van der Waals surface area contributed by atoms with Gasteiger partial charge >= 0.3 is 23.1 Å². The molecule has 0 aromatic heterocycles. The van der Waals surface area contributed by atoms with E-state index in [2.05, 4.69) is 13.8 Å².